The van der Waals surface area contributed by atoms with Crippen molar-refractivity contribution in [2.45, 2.75) is 17.6 Å². The van der Waals surface area contributed by atoms with Crippen LogP contribution in [0.4, 0.5) is 18.9 Å². The molecule has 0 aliphatic rings. The Morgan fingerprint density at radius 2 is 1.95 bits per heavy atom. The Labute approximate surface area is 135 Å². The number of benzene rings is 1. The number of nitro groups is 1. The van der Waals surface area contributed by atoms with Gasteiger partial charge in [-0.2, -0.15) is 18.3 Å². The SMILES string of the molecule is O=[N+]([O-])c1c(C(F)(F)F)nn(CCSc2ccccc2)c1Br. The fraction of sp³-hybridized carbons (Fsp3) is 0.250. The maximum absolute atomic E-state index is 12.8. The Kier molecular flexibility index (Phi) is 5.12. The molecule has 0 aliphatic carbocycles. The summed E-state index contributed by atoms with van der Waals surface area (Å²) in [6.07, 6.45) is -4.87. The van der Waals surface area contributed by atoms with Gasteiger partial charge in [0.2, 0.25) is 5.69 Å². The number of nitrogens with zero attached hydrogens (tertiary/aromatic N) is 3. The third-order valence-corrected chi connectivity index (χ3v) is 4.41. The van der Waals surface area contributed by atoms with Crippen LogP contribution >= 0.6 is 27.7 Å². The summed E-state index contributed by atoms with van der Waals surface area (Å²) in [5.41, 5.74) is -2.55. The number of aryl methyl sites for hydroxylation is 1. The lowest BCUT2D eigenvalue weighted by molar-refractivity contribution is -0.389. The molecule has 0 amide bonds. The van der Waals surface area contributed by atoms with Crippen molar-refractivity contribution in [3.63, 3.8) is 0 Å². The zero-order chi connectivity index (χ0) is 16.3. The van der Waals surface area contributed by atoms with Crippen molar-refractivity contribution >= 4 is 33.4 Å². The normalized spacial score (nSPS) is 11.6. The van der Waals surface area contributed by atoms with Crippen LogP contribution in [0.2, 0.25) is 0 Å². The van der Waals surface area contributed by atoms with Crippen molar-refractivity contribution in [3.8, 4) is 0 Å². The fourth-order valence-electron chi connectivity index (χ4n) is 1.70. The minimum atomic E-state index is -4.87. The minimum absolute atomic E-state index is 0.108. The summed E-state index contributed by atoms with van der Waals surface area (Å²) in [6.45, 7) is 0.108. The van der Waals surface area contributed by atoms with E-state index in [0.717, 1.165) is 9.58 Å². The number of thioether (sulfide) groups is 1. The summed E-state index contributed by atoms with van der Waals surface area (Å²) in [6, 6.07) is 9.28. The largest absolute Gasteiger partial charge is 0.442 e. The maximum atomic E-state index is 12.8. The average Bonchev–Trinajstić information content (AvgIpc) is 2.77. The molecule has 10 heteroatoms. The number of hydrogen-bond donors (Lipinski definition) is 0. The number of rotatable bonds is 5. The van der Waals surface area contributed by atoms with E-state index in [1.807, 2.05) is 30.3 Å². The summed E-state index contributed by atoms with van der Waals surface area (Å²) in [5.74, 6) is 0.429. The van der Waals surface area contributed by atoms with E-state index < -0.39 is 22.5 Å². The van der Waals surface area contributed by atoms with Crippen LogP contribution < -0.4 is 0 Å². The highest BCUT2D eigenvalue weighted by Crippen LogP contribution is 2.39. The minimum Gasteiger partial charge on any atom is -0.258 e. The Morgan fingerprint density at radius 1 is 1.32 bits per heavy atom. The molecule has 22 heavy (non-hydrogen) atoms. The van der Waals surface area contributed by atoms with Gasteiger partial charge in [-0.3, -0.25) is 14.8 Å². The lowest BCUT2D eigenvalue weighted by Crippen LogP contribution is -2.10. The average molecular weight is 396 g/mol. The molecule has 5 nitrogen and oxygen atoms in total. The second kappa shape index (κ2) is 6.69. The van der Waals surface area contributed by atoms with Crippen molar-refractivity contribution in [2.24, 2.45) is 0 Å². The molecule has 1 heterocycles. The molecule has 118 valence electrons. The van der Waals surface area contributed by atoms with Crippen molar-refractivity contribution in [3.05, 3.63) is 50.7 Å². The molecular weight excluding hydrogens is 387 g/mol. The van der Waals surface area contributed by atoms with Crippen LogP contribution in [0.3, 0.4) is 0 Å². The standard InChI is InChI=1S/C12H9BrF3N3O2S/c13-11-9(19(20)21)10(12(14,15)16)17-18(11)6-7-22-8-4-2-1-3-5-8/h1-5H,6-7H2. The first-order chi connectivity index (χ1) is 10.3. The second-order valence-electron chi connectivity index (χ2n) is 4.13. The highest BCUT2D eigenvalue weighted by Gasteiger charge is 2.44. The number of alkyl halides is 3. The van der Waals surface area contributed by atoms with Crippen LogP contribution in [-0.2, 0) is 12.7 Å². The zero-order valence-electron chi connectivity index (χ0n) is 10.9. The van der Waals surface area contributed by atoms with Crippen LogP contribution in [0.1, 0.15) is 5.69 Å². The van der Waals surface area contributed by atoms with E-state index in [2.05, 4.69) is 21.0 Å². The van der Waals surface area contributed by atoms with Gasteiger partial charge in [0.25, 0.3) is 0 Å². The Morgan fingerprint density at radius 3 is 2.45 bits per heavy atom. The smallest absolute Gasteiger partial charge is 0.258 e. The molecule has 0 radical (unpaired) electrons. The van der Waals surface area contributed by atoms with E-state index in [0.29, 0.717) is 5.75 Å². The molecular formula is C12H9BrF3N3O2S. The number of aromatic nitrogens is 2. The lowest BCUT2D eigenvalue weighted by atomic mass is 10.4. The third-order valence-electron chi connectivity index (χ3n) is 2.63. The number of hydrogen-bond acceptors (Lipinski definition) is 4. The van der Waals surface area contributed by atoms with Gasteiger partial charge in [-0.1, -0.05) is 18.2 Å². The van der Waals surface area contributed by atoms with Gasteiger partial charge in [0.05, 0.1) is 11.5 Å². The molecule has 0 bridgehead atoms. The lowest BCUT2D eigenvalue weighted by Gasteiger charge is -2.03. The van der Waals surface area contributed by atoms with Gasteiger partial charge in [0.1, 0.15) is 0 Å². The molecule has 0 unspecified atom stereocenters. The van der Waals surface area contributed by atoms with Crippen molar-refractivity contribution < 1.29 is 18.1 Å². The molecule has 2 aromatic rings. The highest BCUT2D eigenvalue weighted by atomic mass is 79.9. The Bertz CT molecular complexity index is 676. The molecule has 1 aromatic heterocycles. The van der Waals surface area contributed by atoms with Crippen molar-refractivity contribution in [1.29, 1.82) is 0 Å². The van der Waals surface area contributed by atoms with Crippen LogP contribution in [0.5, 0.6) is 0 Å². The molecule has 2 rings (SSSR count). The van der Waals surface area contributed by atoms with Crippen LogP contribution in [-0.4, -0.2) is 20.5 Å². The maximum Gasteiger partial charge on any atom is 0.442 e. The summed E-state index contributed by atoms with van der Waals surface area (Å²) >= 11 is 4.25. The highest BCUT2D eigenvalue weighted by molar-refractivity contribution is 9.10. The molecule has 0 saturated carbocycles. The predicted molar refractivity (Wildman–Crippen MR) is 78.7 cm³/mol. The van der Waals surface area contributed by atoms with Crippen LogP contribution in [0.25, 0.3) is 0 Å². The second-order valence-corrected chi connectivity index (χ2v) is 6.05. The predicted octanol–water partition coefficient (Wildman–Crippen LogP) is 4.36. The molecule has 0 saturated heterocycles. The quantitative estimate of drug-likeness (QED) is 0.428. The molecule has 0 spiro atoms. The summed E-state index contributed by atoms with van der Waals surface area (Å²) in [4.78, 5) is 10.7. The first-order valence-corrected chi connectivity index (χ1v) is 7.74. The van der Waals surface area contributed by atoms with Gasteiger partial charge >= 0.3 is 11.9 Å². The zero-order valence-corrected chi connectivity index (χ0v) is 13.3. The fourth-order valence-corrected chi connectivity index (χ4v) is 3.14. The van der Waals surface area contributed by atoms with E-state index in [1.165, 1.54) is 11.8 Å². The molecule has 1 aromatic carbocycles. The van der Waals surface area contributed by atoms with Crippen molar-refractivity contribution in [1.82, 2.24) is 9.78 Å². The van der Waals surface area contributed by atoms with E-state index in [1.54, 1.807) is 0 Å². The van der Waals surface area contributed by atoms with Gasteiger partial charge in [-0.25, -0.2) is 0 Å². The topological polar surface area (TPSA) is 61.0 Å². The Hall–Kier alpha value is -1.55. The van der Waals surface area contributed by atoms with Gasteiger partial charge in [0, 0.05) is 10.6 Å². The van der Waals surface area contributed by atoms with E-state index in [9.17, 15) is 23.3 Å². The summed E-state index contributed by atoms with van der Waals surface area (Å²) in [5, 5.41) is 14.1. The first kappa shape index (κ1) is 16.8. The van der Waals surface area contributed by atoms with Crippen molar-refractivity contribution in [2.75, 3.05) is 5.75 Å². The van der Waals surface area contributed by atoms with E-state index in [-0.39, 0.29) is 11.1 Å². The number of halogens is 4. The van der Waals surface area contributed by atoms with E-state index >= 15 is 0 Å². The van der Waals surface area contributed by atoms with Crippen LogP contribution in [0.15, 0.2) is 39.8 Å². The molecule has 0 N–H and O–H groups in total. The van der Waals surface area contributed by atoms with Gasteiger partial charge in [0.15, 0.2) is 4.60 Å². The van der Waals surface area contributed by atoms with Crippen LogP contribution in [0, 0.1) is 10.1 Å². The molecule has 0 fully saturated rings. The van der Waals surface area contributed by atoms with Gasteiger partial charge in [-0.05, 0) is 28.1 Å². The van der Waals surface area contributed by atoms with E-state index in [4.69, 9.17) is 0 Å². The summed E-state index contributed by atoms with van der Waals surface area (Å²) < 4.78 is 39.0. The van der Waals surface area contributed by atoms with Gasteiger partial charge < -0.3 is 0 Å². The van der Waals surface area contributed by atoms with Gasteiger partial charge in [-0.15, -0.1) is 11.8 Å². The summed E-state index contributed by atoms with van der Waals surface area (Å²) in [7, 11) is 0. The monoisotopic (exact) mass is 395 g/mol. The Balaban J connectivity index is 2.16. The molecule has 0 atom stereocenters. The first-order valence-electron chi connectivity index (χ1n) is 5.96. The third kappa shape index (κ3) is 3.80. The molecule has 0 aliphatic heterocycles.